The van der Waals surface area contributed by atoms with E-state index in [1.54, 1.807) is 7.11 Å². The molecule has 0 aromatic heterocycles. The number of carbonyl (C=O) groups excluding carboxylic acids is 1. The van der Waals surface area contributed by atoms with Crippen molar-refractivity contribution in [2.75, 3.05) is 13.7 Å². The maximum absolute atomic E-state index is 9.89. The van der Waals surface area contributed by atoms with Crippen LogP contribution in [0.4, 0.5) is 0 Å². The van der Waals surface area contributed by atoms with Gasteiger partial charge in [0.05, 0.1) is 6.61 Å². The molecule has 3 nitrogen and oxygen atoms in total. The predicted molar refractivity (Wildman–Crippen MR) is 37.7 cm³/mol. The molecule has 0 fully saturated rings. The van der Waals surface area contributed by atoms with E-state index >= 15 is 0 Å². The second-order valence-corrected chi connectivity index (χ2v) is 2.10. The zero-order valence-corrected chi connectivity index (χ0v) is 6.50. The van der Waals surface area contributed by atoms with Gasteiger partial charge < -0.3 is 9.47 Å². The highest BCUT2D eigenvalue weighted by Gasteiger charge is 2.05. The largest absolute Gasteiger partial charge is 0.462 e. The Morgan fingerprint density at radius 1 is 1.60 bits per heavy atom. The van der Waals surface area contributed by atoms with E-state index in [1.165, 1.54) is 0 Å². The smallest absolute Gasteiger partial charge is 0.293 e. The molecule has 0 aliphatic carbocycles. The lowest BCUT2D eigenvalue weighted by Crippen LogP contribution is -2.17. The molecule has 0 spiro atoms. The average Bonchev–Trinajstić information content (AvgIpc) is 1.90. The van der Waals surface area contributed by atoms with Gasteiger partial charge in [0.1, 0.15) is 6.10 Å². The molecule has 3 heteroatoms. The van der Waals surface area contributed by atoms with Gasteiger partial charge in [-0.2, -0.15) is 0 Å². The van der Waals surface area contributed by atoms with E-state index in [0.29, 0.717) is 13.1 Å². The van der Waals surface area contributed by atoms with Crippen LogP contribution in [0.15, 0.2) is 0 Å². The number of ether oxygens (including phenoxy) is 2. The Morgan fingerprint density at radius 2 is 2.30 bits per heavy atom. The van der Waals surface area contributed by atoms with Crippen LogP contribution in [0, 0.1) is 0 Å². The number of hydrogen-bond donors (Lipinski definition) is 0. The number of methoxy groups -OCH3 is 1. The molecule has 0 rings (SSSR count). The number of hydrogen-bond acceptors (Lipinski definition) is 3. The van der Waals surface area contributed by atoms with Crippen LogP contribution in [0.2, 0.25) is 0 Å². The lowest BCUT2D eigenvalue weighted by molar-refractivity contribution is -0.136. The molecule has 0 aromatic carbocycles. The van der Waals surface area contributed by atoms with Crippen molar-refractivity contribution in [3.8, 4) is 0 Å². The molecular weight excluding hydrogens is 132 g/mol. The summed E-state index contributed by atoms with van der Waals surface area (Å²) in [5, 5.41) is 0. The van der Waals surface area contributed by atoms with E-state index in [0.717, 1.165) is 12.8 Å². The molecule has 0 amide bonds. The van der Waals surface area contributed by atoms with E-state index in [9.17, 15) is 4.79 Å². The summed E-state index contributed by atoms with van der Waals surface area (Å²) in [5.74, 6) is 0. The maximum Gasteiger partial charge on any atom is 0.293 e. The van der Waals surface area contributed by atoms with E-state index < -0.39 is 0 Å². The first-order valence-corrected chi connectivity index (χ1v) is 3.43. The fraction of sp³-hybridized carbons (Fsp3) is 0.857. The Bertz CT molecular complexity index is 76.9. The van der Waals surface area contributed by atoms with Gasteiger partial charge in [0, 0.05) is 7.11 Å². The SMILES string of the molecule is CCCC(COC)OC=O. The summed E-state index contributed by atoms with van der Waals surface area (Å²) in [6.07, 6.45) is 1.81. The summed E-state index contributed by atoms with van der Waals surface area (Å²) in [5.41, 5.74) is 0. The third-order valence-electron chi connectivity index (χ3n) is 1.21. The summed E-state index contributed by atoms with van der Waals surface area (Å²) >= 11 is 0. The molecule has 1 unspecified atom stereocenters. The third-order valence-corrected chi connectivity index (χ3v) is 1.21. The standard InChI is InChI=1S/C7H14O3/c1-3-4-7(5-9-2)10-6-8/h6-7H,3-5H2,1-2H3. The second-order valence-electron chi connectivity index (χ2n) is 2.10. The zero-order valence-electron chi connectivity index (χ0n) is 6.50. The first kappa shape index (κ1) is 9.43. The van der Waals surface area contributed by atoms with Gasteiger partial charge in [-0.1, -0.05) is 13.3 Å². The molecule has 1 atom stereocenters. The van der Waals surface area contributed by atoms with E-state index in [-0.39, 0.29) is 6.10 Å². The minimum Gasteiger partial charge on any atom is -0.462 e. The molecule has 0 aliphatic rings. The van der Waals surface area contributed by atoms with Crippen molar-refractivity contribution >= 4 is 6.47 Å². The molecule has 0 aromatic rings. The van der Waals surface area contributed by atoms with Crippen molar-refractivity contribution in [1.82, 2.24) is 0 Å². The highest BCUT2D eigenvalue weighted by atomic mass is 16.6. The lowest BCUT2D eigenvalue weighted by Gasteiger charge is -2.11. The van der Waals surface area contributed by atoms with Gasteiger partial charge in [0.2, 0.25) is 0 Å². The van der Waals surface area contributed by atoms with Gasteiger partial charge in [0.15, 0.2) is 0 Å². The molecule has 0 saturated carbocycles. The minimum absolute atomic E-state index is 0.0625. The van der Waals surface area contributed by atoms with Crippen LogP contribution in [0.3, 0.4) is 0 Å². The molecule has 0 saturated heterocycles. The van der Waals surface area contributed by atoms with Crippen molar-refractivity contribution in [2.45, 2.75) is 25.9 Å². The number of carbonyl (C=O) groups is 1. The summed E-state index contributed by atoms with van der Waals surface area (Å²) < 4.78 is 9.54. The first-order valence-electron chi connectivity index (χ1n) is 3.43. The van der Waals surface area contributed by atoms with Gasteiger partial charge in [0.25, 0.3) is 6.47 Å². The first-order chi connectivity index (χ1) is 4.85. The van der Waals surface area contributed by atoms with Crippen LogP contribution in [-0.4, -0.2) is 26.3 Å². The molecular formula is C7H14O3. The van der Waals surface area contributed by atoms with Gasteiger partial charge in [-0.25, -0.2) is 0 Å². The van der Waals surface area contributed by atoms with Crippen LogP contribution in [0.1, 0.15) is 19.8 Å². The predicted octanol–water partition coefficient (Wildman–Crippen LogP) is 0.974. The Balaban J connectivity index is 3.38. The normalized spacial score (nSPS) is 12.6. The lowest BCUT2D eigenvalue weighted by atomic mass is 10.2. The van der Waals surface area contributed by atoms with Crippen LogP contribution < -0.4 is 0 Å². The summed E-state index contributed by atoms with van der Waals surface area (Å²) in [6.45, 7) is 3.00. The van der Waals surface area contributed by atoms with Crippen LogP contribution in [0.25, 0.3) is 0 Å². The Morgan fingerprint density at radius 3 is 2.70 bits per heavy atom. The molecule has 0 N–H and O–H groups in total. The molecule has 0 heterocycles. The van der Waals surface area contributed by atoms with E-state index in [4.69, 9.17) is 9.47 Å². The Hall–Kier alpha value is -0.570. The van der Waals surface area contributed by atoms with Crippen LogP contribution >= 0.6 is 0 Å². The van der Waals surface area contributed by atoms with Crippen molar-refractivity contribution in [3.63, 3.8) is 0 Å². The highest BCUT2D eigenvalue weighted by molar-refractivity contribution is 5.37. The third kappa shape index (κ3) is 4.32. The van der Waals surface area contributed by atoms with Crippen molar-refractivity contribution in [1.29, 1.82) is 0 Å². The van der Waals surface area contributed by atoms with Gasteiger partial charge in [-0.15, -0.1) is 0 Å². The number of rotatable bonds is 6. The van der Waals surface area contributed by atoms with E-state index in [1.807, 2.05) is 6.92 Å². The summed E-state index contributed by atoms with van der Waals surface area (Å²) in [6, 6.07) is 0. The molecule has 0 radical (unpaired) electrons. The zero-order chi connectivity index (χ0) is 7.82. The maximum atomic E-state index is 9.89. The molecule has 0 aliphatic heterocycles. The fourth-order valence-corrected chi connectivity index (χ4v) is 0.777. The van der Waals surface area contributed by atoms with Gasteiger partial charge in [-0.3, -0.25) is 4.79 Å². The molecule has 10 heavy (non-hydrogen) atoms. The summed E-state index contributed by atoms with van der Waals surface area (Å²) in [7, 11) is 1.59. The average molecular weight is 146 g/mol. The van der Waals surface area contributed by atoms with Gasteiger partial charge in [-0.05, 0) is 6.42 Å². The van der Waals surface area contributed by atoms with Crippen molar-refractivity contribution < 1.29 is 14.3 Å². The Kier molecular flexibility index (Phi) is 6.18. The van der Waals surface area contributed by atoms with Crippen LogP contribution in [0.5, 0.6) is 0 Å². The topological polar surface area (TPSA) is 35.5 Å². The van der Waals surface area contributed by atoms with Crippen molar-refractivity contribution in [2.24, 2.45) is 0 Å². The second kappa shape index (κ2) is 6.55. The van der Waals surface area contributed by atoms with Crippen LogP contribution in [-0.2, 0) is 14.3 Å². The Labute approximate surface area is 61.3 Å². The minimum atomic E-state index is -0.0625. The van der Waals surface area contributed by atoms with Crippen molar-refractivity contribution in [3.05, 3.63) is 0 Å². The summed E-state index contributed by atoms with van der Waals surface area (Å²) in [4.78, 5) is 9.89. The monoisotopic (exact) mass is 146 g/mol. The highest BCUT2D eigenvalue weighted by Crippen LogP contribution is 2.00. The van der Waals surface area contributed by atoms with E-state index in [2.05, 4.69) is 0 Å². The quantitative estimate of drug-likeness (QED) is 0.524. The molecule has 0 bridgehead atoms. The molecule has 60 valence electrons. The van der Waals surface area contributed by atoms with Gasteiger partial charge >= 0.3 is 0 Å². The fourth-order valence-electron chi connectivity index (χ4n) is 0.777.